The molecule has 1 aromatic rings. The quantitative estimate of drug-likeness (QED) is 0.438. The van der Waals surface area contributed by atoms with E-state index in [0.29, 0.717) is 17.6 Å². The number of pyridine rings is 1. The average molecular weight is 505 g/mol. The van der Waals surface area contributed by atoms with Crippen LogP contribution in [0.4, 0.5) is 15.8 Å². The van der Waals surface area contributed by atoms with Crippen molar-refractivity contribution in [2.45, 2.75) is 49.7 Å². The van der Waals surface area contributed by atoms with Crippen molar-refractivity contribution < 1.29 is 13.9 Å². The third-order valence-corrected chi connectivity index (χ3v) is 7.92. The second kappa shape index (κ2) is 11.0. The molecule has 0 spiro atoms. The van der Waals surface area contributed by atoms with E-state index >= 15 is 0 Å². The number of ether oxygens (including phenoxy) is 1. The molecule has 1 aliphatic carbocycles. The first-order valence-corrected chi connectivity index (χ1v) is 13.0. The Labute approximate surface area is 210 Å². The molecule has 12 heteroatoms. The number of alkyl halides is 1. The molecule has 4 N–H and O–H groups in total. The highest BCUT2D eigenvalue weighted by molar-refractivity contribution is 5.97. The summed E-state index contributed by atoms with van der Waals surface area (Å²) in [6, 6.07) is 0.480. The maximum Gasteiger partial charge on any atom is 0.234 e. The lowest BCUT2D eigenvalue weighted by Gasteiger charge is -2.41. The Balaban J connectivity index is 1.36. The molecule has 36 heavy (non-hydrogen) atoms. The normalized spacial score (nSPS) is 29.6. The Hall–Kier alpha value is -2.25. The molecule has 3 aliphatic heterocycles. The van der Waals surface area contributed by atoms with Gasteiger partial charge in [-0.15, -0.1) is 4.91 Å². The predicted molar refractivity (Wildman–Crippen MR) is 134 cm³/mol. The first-order valence-electron chi connectivity index (χ1n) is 13.0. The number of nitrogens with two attached hydrogens (primary N) is 1. The Kier molecular flexibility index (Phi) is 7.77. The minimum absolute atomic E-state index is 0.0879. The van der Waals surface area contributed by atoms with E-state index in [1.807, 2.05) is 6.20 Å². The van der Waals surface area contributed by atoms with Crippen LogP contribution in [0.3, 0.4) is 0 Å². The van der Waals surface area contributed by atoms with Crippen molar-refractivity contribution in [2.75, 3.05) is 69.7 Å². The van der Waals surface area contributed by atoms with Crippen molar-refractivity contribution in [2.24, 2.45) is 16.8 Å². The fourth-order valence-corrected chi connectivity index (χ4v) is 5.79. The van der Waals surface area contributed by atoms with Gasteiger partial charge in [-0.3, -0.25) is 24.9 Å². The number of anilines is 2. The Morgan fingerprint density at radius 3 is 2.69 bits per heavy atom. The van der Waals surface area contributed by atoms with E-state index in [1.165, 1.54) is 0 Å². The number of amides is 1. The summed E-state index contributed by atoms with van der Waals surface area (Å²) >= 11 is 0. The lowest BCUT2D eigenvalue weighted by atomic mass is 9.98. The van der Waals surface area contributed by atoms with E-state index in [0.717, 1.165) is 69.9 Å². The number of carbonyl (C=O) groups excluding carboxylic acids is 1. The van der Waals surface area contributed by atoms with Gasteiger partial charge in [0.1, 0.15) is 12.1 Å². The number of nitrogens with zero attached hydrogens (tertiary/aromatic N) is 5. The van der Waals surface area contributed by atoms with Gasteiger partial charge in [-0.2, -0.15) is 0 Å². The molecule has 5 atom stereocenters. The number of piperazine rings is 1. The molecule has 4 heterocycles. The van der Waals surface area contributed by atoms with Crippen LogP contribution >= 0.6 is 0 Å². The molecule has 3 saturated heterocycles. The topological polar surface area (TPSA) is 128 Å². The number of hydrogen-bond acceptors (Lipinski definition) is 10. The van der Waals surface area contributed by atoms with E-state index in [9.17, 15) is 14.1 Å². The molecule has 4 aliphatic rings. The largest absolute Gasteiger partial charge is 0.380 e. The van der Waals surface area contributed by atoms with Crippen LogP contribution in [0.2, 0.25) is 0 Å². The van der Waals surface area contributed by atoms with Crippen molar-refractivity contribution in [3.8, 4) is 0 Å². The summed E-state index contributed by atoms with van der Waals surface area (Å²) in [6.07, 6.45) is 3.92. The van der Waals surface area contributed by atoms with Crippen molar-refractivity contribution >= 4 is 17.3 Å². The molecular weight excluding hydrogens is 467 g/mol. The summed E-state index contributed by atoms with van der Waals surface area (Å²) in [5.74, 6) is -0.980. The molecule has 0 radical (unpaired) electrons. The van der Waals surface area contributed by atoms with Gasteiger partial charge >= 0.3 is 0 Å². The number of rotatable bonds is 8. The summed E-state index contributed by atoms with van der Waals surface area (Å²) in [5.41, 5.74) is 8.77. The molecule has 198 valence electrons. The van der Waals surface area contributed by atoms with Crippen LogP contribution in [-0.2, 0) is 9.53 Å². The van der Waals surface area contributed by atoms with Crippen LogP contribution in [0.15, 0.2) is 17.6 Å². The van der Waals surface area contributed by atoms with Gasteiger partial charge in [-0.1, -0.05) is 5.18 Å². The molecular formula is C24H37FN8O3. The van der Waals surface area contributed by atoms with E-state index < -0.39 is 30.3 Å². The second-order valence-corrected chi connectivity index (χ2v) is 10.4. The minimum atomic E-state index is -1.28. The monoisotopic (exact) mass is 504 g/mol. The third kappa shape index (κ3) is 5.37. The molecule has 0 aromatic carbocycles. The van der Waals surface area contributed by atoms with Crippen molar-refractivity contribution in [1.82, 2.24) is 20.1 Å². The zero-order valence-corrected chi connectivity index (χ0v) is 20.8. The average Bonchev–Trinajstić information content (AvgIpc) is 3.58. The van der Waals surface area contributed by atoms with E-state index in [1.54, 1.807) is 18.1 Å². The van der Waals surface area contributed by atoms with E-state index in [2.05, 4.69) is 30.6 Å². The van der Waals surface area contributed by atoms with Crippen molar-refractivity contribution in [3.63, 3.8) is 0 Å². The Morgan fingerprint density at radius 2 is 2.06 bits per heavy atom. The molecule has 0 bridgehead atoms. The lowest BCUT2D eigenvalue weighted by Crippen LogP contribution is -2.62. The fourth-order valence-electron chi connectivity index (χ4n) is 5.79. The summed E-state index contributed by atoms with van der Waals surface area (Å²) < 4.78 is 19.4. The van der Waals surface area contributed by atoms with Gasteiger partial charge in [0.2, 0.25) is 5.91 Å². The van der Waals surface area contributed by atoms with Gasteiger partial charge in [0.05, 0.1) is 30.3 Å². The number of carbonyl (C=O) groups is 1. The molecule has 4 unspecified atom stereocenters. The maximum absolute atomic E-state index is 13.9. The van der Waals surface area contributed by atoms with Gasteiger partial charge < -0.3 is 20.7 Å². The molecule has 1 saturated carbocycles. The van der Waals surface area contributed by atoms with E-state index in [-0.39, 0.29) is 13.1 Å². The third-order valence-electron chi connectivity index (χ3n) is 7.92. The summed E-state index contributed by atoms with van der Waals surface area (Å²) in [6.45, 7) is 5.39. The predicted octanol–water partition coefficient (Wildman–Crippen LogP) is 0.675. The van der Waals surface area contributed by atoms with Gasteiger partial charge in [-0.25, -0.2) is 4.39 Å². The van der Waals surface area contributed by atoms with Gasteiger partial charge in [0.15, 0.2) is 6.17 Å². The maximum atomic E-state index is 13.9. The summed E-state index contributed by atoms with van der Waals surface area (Å²) in [7, 11) is 1.71. The molecule has 1 amide bonds. The molecule has 11 nitrogen and oxygen atoms in total. The number of aromatic nitrogens is 1. The zero-order valence-electron chi connectivity index (χ0n) is 20.8. The van der Waals surface area contributed by atoms with Gasteiger partial charge in [-0.05, 0) is 37.8 Å². The van der Waals surface area contributed by atoms with Crippen molar-refractivity contribution in [3.05, 3.63) is 22.9 Å². The Bertz CT molecular complexity index is 936. The molecule has 5 rings (SSSR count). The SMILES string of the molecule is CN1CC(F)CNC1C(C(=O)Nc1cncc(C2CC2)c1N1CCN([C@H]2CCOC2)CC1)C(N)N=O. The van der Waals surface area contributed by atoms with Crippen LogP contribution in [0.25, 0.3) is 0 Å². The van der Waals surface area contributed by atoms with Crippen LogP contribution in [0, 0.1) is 10.8 Å². The smallest absolute Gasteiger partial charge is 0.234 e. The second-order valence-electron chi connectivity index (χ2n) is 10.4. The van der Waals surface area contributed by atoms with Crippen LogP contribution in [0.1, 0.15) is 30.7 Å². The first-order chi connectivity index (χ1) is 17.5. The van der Waals surface area contributed by atoms with Gasteiger partial charge in [0, 0.05) is 58.1 Å². The highest BCUT2D eigenvalue weighted by Gasteiger charge is 2.41. The number of hydrogen-bond donors (Lipinski definition) is 3. The summed E-state index contributed by atoms with van der Waals surface area (Å²) in [4.78, 5) is 35.9. The number of halogens is 1. The standard InChI is InChI=1S/C24H37FN8O3/c1-31-13-16(25)10-28-23(31)20(22(26)30-35)24(34)29-19-12-27-11-18(15-2-3-15)21(19)33-7-5-32(6-8-33)17-4-9-36-14-17/h11-12,15-17,20,22-23,28H,2-10,13-14,26H2,1H3,(H,29,34)/t16?,17-,20?,22?,23?/m0/s1. The number of nitroso groups, excluding NO2 is 1. The van der Waals surface area contributed by atoms with Crippen molar-refractivity contribution in [1.29, 1.82) is 0 Å². The fraction of sp³-hybridized carbons (Fsp3) is 0.750. The molecule has 1 aromatic heterocycles. The lowest BCUT2D eigenvalue weighted by molar-refractivity contribution is -0.124. The number of nitrogens with one attached hydrogen (secondary N) is 2. The van der Waals surface area contributed by atoms with Gasteiger partial charge in [0.25, 0.3) is 0 Å². The van der Waals surface area contributed by atoms with E-state index in [4.69, 9.17) is 10.5 Å². The highest BCUT2D eigenvalue weighted by Crippen LogP contribution is 2.46. The first kappa shape index (κ1) is 25.4. The Morgan fingerprint density at radius 1 is 1.28 bits per heavy atom. The van der Waals surface area contributed by atoms with Crippen LogP contribution in [0.5, 0.6) is 0 Å². The zero-order chi connectivity index (χ0) is 25.2. The van der Waals surface area contributed by atoms with Crippen LogP contribution in [-0.4, -0.2) is 105 Å². The highest BCUT2D eigenvalue weighted by atomic mass is 19.1. The van der Waals surface area contributed by atoms with Crippen LogP contribution < -0.4 is 21.3 Å². The molecule has 4 fully saturated rings. The minimum Gasteiger partial charge on any atom is -0.380 e. The summed E-state index contributed by atoms with van der Waals surface area (Å²) in [5, 5.41) is 9.00.